The summed E-state index contributed by atoms with van der Waals surface area (Å²) in [5.74, 6) is 0.693. The van der Waals surface area contributed by atoms with Gasteiger partial charge in [-0.1, -0.05) is 49.4 Å². The smallest absolute Gasteiger partial charge is 0.251 e. The fourth-order valence-corrected chi connectivity index (χ4v) is 2.61. The molecule has 5 nitrogen and oxygen atoms in total. The first kappa shape index (κ1) is 23.0. The van der Waals surface area contributed by atoms with Crippen molar-refractivity contribution < 1.29 is 4.79 Å². The van der Waals surface area contributed by atoms with Crippen LogP contribution >= 0.6 is 24.0 Å². The SMILES string of the molecule is CCNC(=NCc1ccccc1CC)NCCNC(=O)c1ccccc1.I. The van der Waals surface area contributed by atoms with E-state index in [0.29, 0.717) is 25.2 Å². The van der Waals surface area contributed by atoms with E-state index in [9.17, 15) is 4.79 Å². The molecule has 0 aliphatic carbocycles. The third-order valence-corrected chi connectivity index (χ3v) is 3.99. The molecule has 2 aromatic rings. The largest absolute Gasteiger partial charge is 0.357 e. The number of aryl methyl sites for hydroxylation is 1. The minimum absolute atomic E-state index is 0. The second-order valence-electron chi connectivity index (χ2n) is 5.87. The minimum Gasteiger partial charge on any atom is -0.357 e. The predicted octanol–water partition coefficient (Wildman–Crippen LogP) is 3.35. The van der Waals surface area contributed by atoms with Crippen LogP contribution in [0, 0.1) is 0 Å². The lowest BCUT2D eigenvalue weighted by molar-refractivity contribution is 0.0954. The van der Waals surface area contributed by atoms with Crippen molar-refractivity contribution in [3.05, 3.63) is 71.3 Å². The average Bonchev–Trinajstić information content (AvgIpc) is 2.69. The average molecular weight is 480 g/mol. The van der Waals surface area contributed by atoms with Crippen molar-refractivity contribution >= 4 is 35.8 Å². The number of hydrogen-bond donors (Lipinski definition) is 3. The van der Waals surface area contributed by atoms with Crippen LogP contribution in [0.2, 0.25) is 0 Å². The molecule has 6 heteroatoms. The Hall–Kier alpha value is -2.09. The van der Waals surface area contributed by atoms with Gasteiger partial charge in [-0.15, -0.1) is 24.0 Å². The Morgan fingerprint density at radius 2 is 1.48 bits per heavy atom. The molecule has 27 heavy (non-hydrogen) atoms. The first-order chi connectivity index (χ1) is 12.7. The number of aliphatic imine (C=N–C) groups is 1. The Kier molecular flexibility index (Phi) is 11.2. The molecule has 0 aliphatic heterocycles. The number of amides is 1. The third kappa shape index (κ3) is 7.99. The van der Waals surface area contributed by atoms with Crippen LogP contribution < -0.4 is 16.0 Å². The van der Waals surface area contributed by atoms with E-state index < -0.39 is 0 Å². The topological polar surface area (TPSA) is 65.5 Å². The number of nitrogens with zero attached hydrogens (tertiary/aromatic N) is 1. The molecule has 0 aromatic heterocycles. The van der Waals surface area contributed by atoms with Crippen molar-refractivity contribution in [1.82, 2.24) is 16.0 Å². The number of guanidine groups is 1. The molecule has 0 fully saturated rings. The van der Waals surface area contributed by atoms with E-state index in [2.05, 4.69) is 46.1 Å². The number of hydrogen-bond acceptors (Lipinski definition) is 2. The van der Waals surface area contributed by atoms with Crippen LogP contribution in [0.4, 0.5) is 0 Å². The third-order valence-electron chi connectivity index (χ3n) is 3.99. The molecule has 0 atom stereocenters. The molecule has 0 spiro atoms. The maximum Gasteiger partial charge on any atom is 0.251 e. The molecule has 146 valence electrons. The van der Waals surface area contributed by atoms with Crippen molar-refractivity contribution in [2.24, 2.45) is 4.99 Å². The van der Waals surface area contributed by atoms with E-state index in [1.54, 1.807) is 12.1 Å². The first-order valence-corrected chi connectivity index (χ1v) is 9.16. The van der Waals surface area contributed by atoms with Gasteiger partial charge >= 0.3 is 0 Å². The van der Waals surface area contributed by atoms with Crippen LogP contribution in [0.25, 0.3) is 0 Å². The first-order valence-electron chi connectivity index (χ1n) is 9.16. The van der Waals surface area contributed by atoms with Crippen molar-refractivity contribution in [3.63, 3.8) is 0 Å². The summed E-state index contributed by atoms with van der Waals surface area (Å²) < 4.78 is 0. The second kappa shape index (κ2) is 13.1. The molecule has 0 aliphatic rings. The normalized spacial score (nSPS) is 10.7. The Labute approximate surface area is 179 Å². The highest BCUT2D eigenvalue weighted by molar-refractivity contribution is 14.0. The van der Waals surface area contributed by atoms with E-state index >= 15 is 0 Å². The number of rotatable bonds is 8. The van der Waals surface area contributed by atoms with E-state index in [0.717, 1.165) is 18.9 Å². The molecule has 0 unspecified atom stereocenters. The van der Waals surface area contributed by atoms with Crippen LogP contribution in [-0.2, 0) is 13.0 Å². The van der Waals surface area contributed by atoms with Crippen LogP contribution in [0.15, 0.2) is 59.6 Å². The van der Waals surface area contributed by atoms with Crippen molar-refractivity contribution in [3.8, 4) is 0 Å². The lowest BCUT2D eigenvalue weighted by Gasteiger charge is -2.12. The fourth-order valence-electron chi connectivity index (χ4n) is 2.61. The molecule has 0 saturated carbocycles. The predicted molar refractivity (Wildman–Crippen MR) is 123 cm³/mol. The number of carbonyl (C=O) groups excluding carboxylic acids is 1. The summed E-state index contributed by atoms with van der Waals surface area (Å²) in [7, 11) is 0. The van der Waals surface area contributed by atoms with Gasteiger partial charge in [-0.05, 0) is 36.6 Å². The highest BCUT2D eigenvalue weighted by atomic mass is 127. The fraction of sp³-hybridized carbons (Fsp3) is 0.333. The second-order valence-corrected chi connectivity index (χ2v) is 5.87. The lowest BCUT2D eigenvalue weighted by atomic mass is 10.1. The molecular formula is C21H29IN4O. The Bertz CT molecular complexity index is 719. The quantitative estimate of drug-likeness (QED) is 0.235. The van der Waals surface area contributed by atoms with E-state index in [1.807, 2.05) is 31.2 Å². The summed E-state index contributed by atoms with van der Waals surface area (Å²) in [6.45, 7) is 6.76. The van der Waals surface area contributed by atoms with Gasteiger partial charge in [0.1, 0.15) is 0 Å². The molecule has 2 aromatic carbocycles. The highest BCUT2D eigenvalue weighted by Crippen LogP contribution is 2.10. The molecular weight excluding hydrogens is 451 g/mol. The van der Waals surface area contributed by atoms with Crippen LogP contribution in [0.1, 0.15) is 35.3 Å². The zero-order valence-corrected chi connectivity index (χ0v) is 18.3. The molecule has 0 saturated heterocycles. The van der Waals surface area contributed by atoms with Crippen LogP contribution in [0.3, 0.4) is 0 Å². The van der Waals surface area contributed by atoms with E-state index in [1.165, 1.54) is 11.1 Å². The van der Waals surface area contributed by atoms with Gasteiger partial charge < -0.3 is 16.0 Å². The van der Waals surface area contributed by atoms with Gasteiger partial charge in [0, 0.05) is 25.2 Å². The van der Waals surface area contributed by atoms with Gasteiger partial charge in [0.2, 0.25) is 0 Å². The lowest BCUT2D eigenvalue weighted by Crippen LogP contribution is -2.41. The zero-order chi connectivity index (χ0) is 18.6. The highest BCUT2D eigenvalue weighted by Gasteiger charge is 2.04. The maximum atomic E-state index is 12.0. The standard InChI is InChI=1S/C21H28N4O.HI/c1-3-17-10-8-9-13-19(17)16-25-21(22-4-2)24-15-14-23-20(26)18-11-6-5-7-12-18;/h5-13H,3-4,14-16H2,1-2H3,(H,23,26)(H2,22,24,25);1H. The summed E-state index contributed by atoms with van der Waals surface area (Å²) in [4.78, 5) is 16.7. The zero-order valence-electron chi connectivity index (χ0n) is 16.0. The summed E-state index contributed by atoms with van der Waals surface area (Å²) in [6.07, 6.45) is 1.00. The van der Waals surface area contributed by atoms with Gasteiger partial charge in [-0.25, -0.2) is 4.99 Å². The van der Waals surface area contributed by atoms with Gasteiger partial charge in [-0.3, -0.25) is 4.79 Å². The van der Waals surface area contributed by atoms with E-state index in [4.69, 9.17) is 0 Å². The molecule has 0 heterocycles. The van der Waals surface area contributed by atoms with Gasteiger partial charge in [0.25, 0.3) is 5.91 Å². The minimum atomic E-state index is -0.0637. The summed E-state index contributed by atoms with van der Waals surface area (Å²) in [5, 5.41) is 9.40. The number of nitrogens with one attached hydrogen (secondary N) is 3. The Morgan fingerprint density at radius 1 is 0.852 bits per heavy atom. The monoisotopic (exact) mass is 480 g/mol. The Morgan fingerprint density at radius 3 is 2.15 bits per heavy atom. The summed E-state index contributed by atoms with van der Waals surface area (Å²) in [6, 6.07) is 17.6. The van der Waals surface area contributed by atoms with Crippen molar-refractivity contribution in [2.45, 2.75) is 26.8 Å². The van der Waals surface area contributed by atoms with Gasteiger partial charge in [0.15, 0.2) is 5.96 Å². The van der Waals surface area contributed by atoms with Crippen molar-refractivity contribution in [2.75, 3.05) is 19.6 Å². The number of benzene rings is 2. The van der Waals surface area contributed by atoms with Crippen LogP contribution in [0.5, 0.6) is 0 Å². The Balaban J connectivity index is 0.00000364. The van der Waals surface area contributed by atoms with Crippen LogP contribution in [-0.4, -0.2) is 31.5 Å². The van der Waals surface area contributed by atoms with Gasteiger partial charge in [0.05, 0.1) is 6.54 Å². The summed E-state index contributed by atoms with van der Waals surface area (Å²) >= 11 is 0. The number of carbonyl (C=O) groups is 1. The molecule has 0 radical (unpaired) electrons. The van der Waals surface area contributed by atoms with Crippen molar-refractivity contribution in [1.29, 1.82) is 0 Å². The summed E-state index contributed by atoms with van der Waals surface area (Å²) in [5.41, 5.74) is 3.23. The number of halogens is 1. The molecule has 1 amide bonds. The maximum absolute atomic E-state index is 12.0. The van der Waals surface area contributed by atoms with E-state index in [-0.39, 0.29) is 29.9 Å². The molecule has 0 bridgehead atoms. The van der Waals surface area contributed by atoms with Gasteiger partial charge in [-0.2, -0.15) is 0 Å². The molecule has 3 N–H and O–H groups in total. The molecule has 2 rings (SSSR count).